The fourth-order valence-electron chi connectivity index (χ4n) is 7.09. The van der Waals surface area contributed by atoms with Gasteiger partial charge in [-0.2, -0.15) is 0 Å². The lowest BCUT2D eigenvalue weighted by Crippen LogP contribution is -2.39. The van der Waals surface area contributed by atoms with Crippen molar-refractivity contribution in [1.82, 2.24) is 28.3 Å². The lowest BCUT2D eigenvalue weighted by molar-refractivity contribution is -0.194. The quantitative estimate of drug-likeness (QED) is 0.0718. The number of benzene rings is 2. The van der Waals surface area contributed by atoms with Crippen molar-refractivity contribution >= 4 is 37.3 Å². The molecule has 0 amide bonds. The summed E-state index contributed by atoms with van der Waals surface area (Å²) in [6, 6.07) is 15.4. The number of para-hydroxylation sites is 2. The second-order valence-corrected chi connectivity index (χ2v) is 19.9. The molecule has 5 aromatic rings. The average molecular weight is 903 g/mol. The number of aromatic nitrogens is 2. The second-order valence-electron chi connectivity index (χ2n) is 16.2. The highest BCUT2D eigenvalue weighted by atomic mass is 31.2. The Balaban J connectivity index is 1.25. The molecule has 18 nitrogen and oxygen atoms in total. The summed E-state index contributed by atoms with van der Waals surface area (Å²) in [7, 11) is 5.58. The molecule has 1 aliphatic rings. The van der Waals surface area contributed by atoms with Gasteiger partial charge in [0.25, 0.3) is 0 Å². The zero-order chi connectivity index (χ0) is 44.8. The van der Waals surface area contributed by atoms with Crippen LogP contribution >= 0.6 is 15.5 Å². The molecule has 20 heteroatoms. The number of allylic oxidation sites excluding steroid dienone is 1. The SMILES string of the molecule is CC1=C(COP(=O)(OCc2oc(=O)oc2C)n2cc(CCN(C)CC(CN(C)C)OP(=O)(OCCN(C)C)n3cc(CCN(C)C)c4ccccc43)c3ccccc32)OC(O)O1. The molecule has 0 spiro atoms. The van der Waals surface area contributed by atoms with E-state index < -0.39 is 40.5 Å². The van der Waals surface area contributed by atoms with E-state index >= 15 is 4.57 Å². The van der Waals surface area contributed by atoms with E-state index in [1.165, 1.54) is 11.3 Å². The van der Waals surface area contributed by atoms with Crippen LogP contribution in [0.1, 0.15) is 29.6 Å². The van der Waals surface area contributed by atoms with Crippen LogP contribution in [0.2, 0.25) is 0 Å². The third-order valence-corrected chi connectivity index (χ3v) is 14.0. The van der Waals surface area contributed by atoms with Crippen molar-refractivity contribution in [3.05, 3.63) is 106 Å². The predicted molar refractivity (Wildman–Crippen MR) is 235 cm³/mol. The number of aliphatic hydroxyl groups is 1. The number of hydrogen-bond donors (Lipinski definition) is 1. The van der Waals surface area contributed by atoms with Crippen molar-refractivity contribution < 1.29 is 50.6 Å². The normalized spacial score (nSPS) is 17.2. The van der Waals surface area contributed by atoms with E-state index in [1.54, 1.807) is 23.5 Å². The lowest BCUT2D eigenvalue weighted by Gasteiger charge is -2.30. The molecule has 340 valence electrons. The van der Waals surface area contributed by atoms with Gasteiger partial charge in [-0.15, -0.1) is 0 Å². The van der Waals surface area contributed by atoms with E-state index in [2.05, 4.69) is 9.80 Å². The average Bonchev–Trinajstić information content (AvgIpc) is 3.96. The molecule has 1 aliphatic heterocycles. The maximum Gasteiger partial charge on any atom is 0.519 e. The number of rotatable bonds is 24. The van der Waals surface area contributed by atoms with Gasteiger partial charge in [0.1, 0.15) is 24.7 Å². The van der Waals surface area contributed by atoms with E-state index in [0.29, 0.717) is 38.1 Å². The van der Waals surface area contributed by atoms with Crippen LogP contribution in [0.5, 0.6) is 0 Å². The first-order chi connectivity index (χ1) is 29.4. The van der Waals surface area contributed by atoms with Crippen LogP contribution in [-0.2, 0) is 56.1 Å². The molecular formula is C42H60N6O12P2. The predicted octanol–water partition coefficient (Wildman–Crippen LogP) is 5.95. The van der Waals surface area contributed by atoms with Gasteiger partial charge in [0.2, 0.25) is 0 Å². The van der Waals surface area contributed by atoms with Crippen molar-refractivity contribution in [3.63, 3.8) is 0 Å². The van der Waals surface area contributed by atoms with Gasteiger partial charge in [0.15, 0.2) is 11.5 Å². The van der Waals surface area contributed by atoms with Crippen LogP contribution in [-0.4, -0.2) is 141 Å². The largest absolute Gasteiger partial charge is 0.519 e. The van der Waals surface area contributed by atoms with Crippen LogP contribution in [0.25, 0.3) is 21.8 Å². The summed E-state index contributed by atoms with van der Waals surface area (Å²) in [4.78, 5) is 20.0. The molecule has 2 aromatic carbocycles. The fourth-order valence-corrected chi connectivity index (χ4v) is 10.5. The maximum absolute atomic E-state index is 15.2. The Bertz CT molecular complexity index is 2470. The Labute approximate surface area is 362 Å². The number of fused-ring (bicyclic) bond motifs is 2. The van der Waals surface area contributed by atoms with E-state index in [4.69, 9.17) is 36.4 Å². The Hall–Kier alpha value is -4.03. The van der Waals surface area contributed by atoms with Crippen LogP contribution in [0, 0.1) is 6.92 Å². The van der Waals surface area contributed by atoms with Crippen molar-refractivity contribution in [3.8, 4) is 0 Å². The molecule has 6 rings (SSSR count). The molecule has 0 saturated heterocycles. The zero-order valence-electron chi connectivity index (χ0n) is 37.0. The number of ether oxygens (including phenoxy) is 2. The van der Waals surface area contributed by atoms with Gasteiger partial charge in [0.05, 0.1) is 23.7 Å². The van der Waals surface area contributed by atoms with Crippen LogP contribution in [0.15, 0.2) is 86.1 Å². The number of aryl methyl sites for hydroxylation is 1. The number of likely N-dealkylation sites (N-methyl/N-ethyl adjacent to an activating group) is 4. The van der Waals surface area contributed by atoms with Crippen molar-refractivity contribution in [2.24, 2.45) is 0 Å². The van der Waals surface area contributed by atoms with Gasteiger partial charge in [-0.05, 0) is 99.3 Å². The highest BCUT2D eigenvalue weighted by Gasteiger charge is 2.36. The minimum absolute atomic E-state index is 0.0558. The highest BCUT2D eigenvalue weighted by Crippen LogP contribution is 2.55. The Morgan fingerprint density at radius 2 is 1.29 bits per heavy atom. The standard InChI is InChI=1S/C42H60N6O12P2/c1-30-39(58-41(49)56-30)28-54-61(51,55-29-40-31(2)57-42(50)59-40)47-24-33(36-15-10-12-16-37(36)47)19-21-46(9)27-34(26-45(7)8)60-62(52,53-23-22-44(5)6)48-25-32(18-20-43(3)4)35-14-11-13-17-38(35)48/h10-17,24-25,34,41,49H,18-23,26-29H2,1-9H3. The highest BCUT2D eigenvalue weighted by molar-refractivity contribution is 7.52. The summed E-state index contributed by atoms with van der Waals surface area (Å²) in [5.41, 5.74) is 3.27. The zero-order valence-corrected chi connectivity index (χ0v) is 38.8. The minimum Gasteiger partial charge on any atom is -0.433 e. The van der Waals surface area contributed by atoms with Gasteiger partial charge in [-0.25, -0.2) is 13.9 Å². The van der Waals surface area contributed by atoms with Crippen molar-refractivity contribution in [1.29, 1.82) is 0 Å². The molecule has 0 fully saturated rings. The van der Waals surface area contributed by atoms with Gasteiger partial charge >= 0.3 is 27.8 Å². The Morgan fingerprint density at radius 1 is 0.710 bits per heavy atom. The van der Waals surface area contributed by atoms with Crippen molar-refractivity contribution in [2.75, 3.05) is 95.3 Å². The summed E-state index contributed by atoms with van der Waals surface area (Å²) in [6.07, 6.45) is 4.39. The monoisotopic (exact) mass is 902 g/mol. The van der Waals surface area contributed by atoms with E-state index in [1.807, 2.05) is 108 Å². The van der Waals surface area contributed by atoms with Crippen LogP contribution < -0.4 is 5.82 Å². The first-order valence-corrected chi connectivity index (χ1v) is 23.4. The van der Waals surface area contributed by atoms with Gasteiger partial charge in [-0.3, -0.25) is 26.8 Å². The van der Waals surface area contributed by atoms with Crippen LogP contribution in [0.3, 0.4) is 0 Å². The first kappa shape index (κ1) is 47.4. The van der Waals surface area contributed by atoms with E-state index in [-0.39, 0.29) is 36.3 Å². The number of nitrogens with zero attached hydrogens (tertiary/aromatic N) is 6. The molecule has 4 unspecified atom stereocenters. The van der Waals surface area contributed by atoms with Crippen molar-refractivity contribution in [2.45, 2.75) is 45.9 Å². The number of hydrogen-bond acceptors (Lipinski definition) is 16. The van der Waals surface area contributed by atoms with E-state index in [0.717, 1.165) is 40.4 Å². The van der Waals surface area contributed by atoms with Gasteiger partial charge < -0.3 is 43.0 Å². The fraction of sp³-hybridized carbons (Fsp3) is 0.500. The Kier molecular flexibility index (Phi) is 15.8. The Morgan fingerprint density at radius 3 is 1.84 bits per heavy atom. The summed E-state index contributed by atoms with van der Waals surface area (Å²) in [5, 5.41) is 11.7. The smallest absolute Gasteiger partial charge is 0.433 e. The van der Waals surface area contributed by atoms with E-state index in [9.17, 15) is 14.5 Å². The molecule has 0 saturated carbocycles. The van der Waals surface area contributed by atoms with Gasteiger partial charge in [-0.1, -0.05) is 36.4 Å². The molecule has 0 aliphatic carbocycles. The van der Waals surface area contributed by atoms with Crippen LogP contribution in [0.4, 0.5) is 0 Å². The maximum atomic E-state index is 15.2. The first-order valence-electron chi connectivity index (χ1n) is 20.4. The number of aliphatic hydroxyl groups excluding tert-OH is 1. The topological polar surface area (TPSA) is 176 Å². The minimum atomic E-state index is -4.28. The molecular weight excluding hydrogens is 842 g/mol. The summed E-state index contributed by atoms with van der Waals surface area (Å²) >= 11 is 0. The summed E-state index contributed by atoms with van der Waals surface area (Å²) in [5.74, 6) is -0.276. The second kappa shape index (κ2) is 20.6. The third-order valence-electron chi connectivity index (χ3n) is 10.3. The van der Waals surface area contributed by atoms with Gasteiger partial charge in [0, 0.05) is 55.9 Å². The molecule has 0 radical (unpaired) electrons. The molecule has 1 N–H and O–H groups in total. The third kappa shape index (κ3) is 11.8. The molecule has 4 atom stereocenters. The molecule has 3 aromatic heterocycles. The summed E-state index contributed by atoms with van der Waals surface area (Å²) < 4.78 is 78.8. The summed E-state index contributed by atoms with van der Waals surface area (Å²) in [6.45, 7) is 3.83. The lowest BCUT2D eigenvalue weighted by atomic mass is 10.1. The molecule has 62 heavy (non-hydrogen) atoms. The molecule has 0 bridgehead atoms. The molecule has 4 heterocycles.